The molecule has 0 radical (unpaired) electrons. The van der Waals surface area contributed by atoms with Crippen LogP contribution in [-0.4, -0.2) is 4.98 Å². The van der Waals surface area contributed by atoms with Crippen LogP contribution in [0.2, 0.25) is 0 Å². The number of hydrogen-bond donors (Lipinski definition) is 0. The Morgan fingerprint density at radius 2 is 0.946 bits per heavy atom. The van der Waals surface area contributed by atoms with Crippen molar-refractivity contribution in [3.05, 3.63) is 206 Å². The first-order chi connectivity index (χ1) is 27.8. The molecule has 0 bridgehead atoms. The summed E-state index contributed by atoms with van der Waals surface area (Å²) in [6.45, 7) is 0. The van der Waals surface area contributed by atoms with E-state index in [2.05, 4.69) is 193 Å². The van der Waals surface area contributed by atoms with Crippen LogP contribution in [0.25, 0.3) is 87.9 Å². The minimum atomic E-state index is 0.622. The maximum Gasteiger partial charge on any atom is 0.227 e. The summed E-state index contributed by atoms with van der Waals surface area (Å²) in [5.74, 6) is 0.622. The largest absolute Gasteiger partial charge is 0.435 e. The average Bonchev–Trinajstić information content (AvgIpc) is 3.73. The molecule has 3 nitrogen and oxygen atoms in total. The van der Waals surface area contributed by atoms with Crippen molar-refractivity contribution in [3.63, 3.8) is 0 Å². The zero-order chi connectivity index (χ0) is 37.0. The molecule has 1 aromatic heterocycles. The van der Waals surface area contributed by atoms with Crippen LogP contribution in [0.1, 0.15) is 0 Å². The summed E-state index contributed by atoms with van der Waals surface area (Å²) < 4.78 is 6.66. The molecule has 56 heavy (non-hydrogen) atoms. The van der Waals surface area contributed by atoms with Gasteiger partial charge in [-0.15, -0.1) is 0 Å². The van der Waals surface area contributed by atoms with Crippen LogP contribution in [0.3, 0.4) is 0 Å². The van der Waals surface area contributed by atoms with Gasteiger partial charge in [-0.25, -0.2) is 4.98 Å². The Kier molecular flexibility index (Phi) is 7.49. The Hall–Kier alpha value is -7.49. The molecule has 0 unspecified atom stereocenters. The number of rotatable bonds is 6. The van der Waals surface area contributed by atoms with Crippen molar-refractivity contribution >= 4 is 71.3 Å². The maximum atomic E-state index is 6.66. The highest BCUT2D eigenvalue weighted by molar-refractivity contribution is 6.29. The fourth-order valence-corrected chi connectivity index (χ4v) is 8.40. The summed E-state index contributed by atoms with van der Waals surface area (Å²) in [5.41, 5.74) is 10.6. The lowest BCUT2D eigenvalue weighted by atomic mass is 9.94. The highest BCUT2D eigenvalue weighted by Gasteiger charge is 2.20. The standard InChI is InChI=1S/C53H34N2O/c1-3-15-36(16-4-1)44-22-9-10-23-45(44)40-20-13-21-41(33-40)55(42-29-26-35-14-7-8-19-39(35)32-42)43-30-27-37-28-31-47-46-24-11-12-25-48(46)52-51(50(47)49(37)34-43)54-53(56-52)38-17-5-2-6-18-38/h1-34H. The molecular weight excluding hydrogens is 681 g/mol. The molecule has 1 heterocycles. The van der Waals surface area contributed by atoms with Gasteiger partial charge in [0, 0.05) is 33.4 Å². The quantitative estimate of drug-likeness (QED) is 0.161. The topological polar surface area (TPSA) is 29.3 Å². The normalized spacial score (nSPS) is 11.6. The molecule has 0 fully saturated rings. The SMILES string of the molecule is c1ccc(-c2nc3c(o2)c2ccccc2c2ccc4ccc(N(c5cccc(-c6ccccc6-c6ccccc6)c5)c5ccc6ccccc6c5)cc4c23)cc1. The smallest absolute Gasteiger partial charge is 0.227 e. The molecule has 0 aliphatic carbocycles. The van der Waals surface area contributed by atoms with Gasteiger partial charge in [0.15, 0.2) is 5.58 Å². The van der Waals surface area contributed by atoms with Crippen molar-refractivity contribution in [3.8, 4) is 33.7 Å². The third-order valence-electron chi connectivity index (χ3n) is 11.0. The molecule has 0 saturated heterocycles. The summed E-state index contributed by atoms with van der Waals surface area (Å²) in [6, 6.07) is 73.5. The van der Waals surface area contributed by atoms with Crippen LogP contribution >= 0.6 is 0 Å². The molecule has 0 saturated carbocycles. The Morgan fingerprint density at radius 3 is 1.75 bits per heavy atom. The summed E-state index contributed by atoms with van der Waals surface area (Å²) in [6.07, 6.45) is 0. The molecule has 0 aliphatic rings. The molecule has 0 aliphatic heterocycles. The minimum Gasteiger partial charge on any atom is -0.435 e. The minimum absolute atomic E-state index is 0.622. The summed E-state index contributed by atoms with van der Waals surface area (Å²) >= 11 is 0. The number of anilines is 3. The highest BCUT2D eigenvalue weighted by atomic mass is 16.3. The van der Waals surface area contributed by atoms with Crippen molar-refractivity contribution in [2.45, 2.75) is 0 Å². The van der Waals surface area contributed by atoms with E-state index in [1.807, 2.05) is 18.2 Å². The van der Waals surface area contributed by atoms with E-state index in [1.165, 1.54) is 27.5 Å². The van der Waals surface area contributed by atoms with Gasteiger partial charge in [-0.2, -0.15) is 0 Å². The van der Waals surface area contributed by atoms with Gasteiger partial charge in [-0.1, -0.05) is 158 Å². The van der Waals surface area contributed by atoms with E-state index in [-0.39, 0.29) is 0 Å². The highest BCUT2D eigenvalue weighted by Crippen LogP contribution is 2.44. The van der Waals surface area contributed by atoms with Crippen LogP contribution in [0.15, 0.2) is 211 Å². The first kappa shape index (κ1) is 32.0. The van der Waals surface area contributed by atoms with Crippen molar-refractivity contribution in [1.82, 2.24) is 4.98 Å². The molecule has 0 N–H and O–H groups in total. The van der Waals surface area contributed by atoms with Crippen LogP contribution in [0, 0.1) is 0 Å². The number of oxazole rings is 1. The van der Waals surface area contributed by atoms with Crippen LogP contribution < -0.4 is 4.90 Å². The van der Waals surface area contributed by atoms with Crippen molar-refractivity contribution in [1.29, 1.82) is 0 Å². The lowest BCUT2D eigenvalue weighted by Gasteiger charge is -2.27. The van der Waals surface area contributed by atoms with E-state index in [9.17, 15) is 0 Å². The first-order valence-electron chi connectivity index (χ1n) is 19.0. The van der Waals surface area contributed by atoms with Gasteiger partial charge in [0.2, 0.25) is 5.89 Å². The van der Waals surface area contributed by atoms with Gasteiger partial charge in [0.05, 0.1) is 0 Å². The molecular formula is C53H34N2O. The van der Waals surface area contributed by atoms with Gasteiger partial charge in [-0.3, -0.25) is 0 Å². The van der Waals surface area contributed by atoms with E-state index in [4.69, 9.17) is 9.40 Å². The molecule has 0 atom stereocenters. The predicted octanol–water partition coefficient (Wildman–Crippen LogP) is 14.9. The molecule has 0 amide bonds. The molecule has 10 aromatic carbocycles. The third kappa shape index (κ3) is 5.32. The first-order valence-corrected chi connectivity index (χ1v) is 19.0. The van der Waals surface area contributed by atoms with Crippen LogP contribution in [0.4, 0.5) is 17.1 Å². The number of nitrogens with zero attached hydrogens (tertiary/aromatic N) is 2. The molecule has 11 aromatic rings. The zero-order valence-corrected chi connectivity index (χ0v) is 30.4. The lowest BCUT2D eigenvalue weighted by molar-refractivity contribution is 0.623. The summed E-state index contributed by atoms with van der Waals surface area (Å²) in [4.78, 5) is 7.62. The van der Waals surface area contributed by atoms with Crippen molar-refractivity contribution < 1.29 is 4.42 Å². The maximum absolute atomic E-state index is 6.66. The second-order valence-corrected chi connectivity index (χ2v) is 14.3. The molecule has 0 spiro atoms. The Labute approximate surface area is 324 Å². The predicted molar refractivity (Wildman–Crippen MR) is 235 cm³/mol. The monoisotopic (exact) mass is 714 g/mol. The molecule has 11 rings (SSSR count). The third-order valence-corrected chi connectivity index (χ3v) is 11.0. The van der Waals surface area contributed by atoms with E-state index in [0.29, 0.717) is 5.89 Å². The van der Waals surface area contributed by atoms with E-state index < -0.39 is 0 Å². The lowest BCUT2D eigenvalue weighted by Crippen LogP contribution is -2.10. The number of hydrogen-bond acceptors (Lipinski definition) is 3. The average molecular weight is 715 g/mol. The summed E-state index contributed by atoms with van der Waals surface area (Å²) in [7, 11) is 0. The van der Waals surface area contributed by atoms with Gasteiger partial charge in [0.1, 0.15) is 5.52 Å². The fourth-order valence-electron chi connectivity index (χ4n) is 8.40. The summed E-state index contributed by atoms with van der Waals surface area (Å²) in [5, 5.41) is 9.12. The van der Waals surface area contributed by atoms with Crippen molar-refractivity contribution in [2.24, 2.45) is 0 Å². The van der Waals surface area contributed by atoms with Gasteiger partial charge in [-0.05, 0) is 103 Å². The van der Waals surface area contributed by atoms with Crippen LogP contribution in [0.5, 0.6) is 0 Å². The zero-order valence-electron chi connectivity index (χ0n) is 30.4. The van der Waals surface area contributed by atoms with Crippen molar-refractivity contribution in [2.75, 3.05) is 4.90 Å². The number of aromatic nitrogens is 1. The molecule has 3 heteroatoms. The van der Waals surface area contributed by atoms with E-state index in [0.717, 1.165) is 71.6 Å². The Balaban J connectivity index is 1.16. The second-order valence-electron chi connectivity index (χ2n) is 14.3. The second kappa shape index (κ2) is 13.1. The Morgan fingerprint density at radius 1 is 0.357 bits per heavy atom. The molecule has 262 valence electrons. The number of fused-ring (bicyclic) bond motifs is 9. The van der Waals surface area contributed by atoms with Gasteiger partial charge < -0.3 is 9.32 Å². The Bertz CT molecular complexity index is 3260. The van der Waals surface area contributed by atoms with Crippen LogP contribution in [-0.2, 0) is 0 Å². The number of benzene rings is 10. The van der Waals surface area contributed by atoms with Gasteiger partial charge >= 0.3 is 0 Å². The van der Waals surface area contributed by atoms with Gasteiger partial charge in [0.25, 0.3) is 0 Å². The van der Waals surface area contributed by atoms with E-state index >= 15 is 0 Å². The van der Waals surface area contributed by atoms with E-state index in [1.54, 1.807) is 0 Å². The fraction of sp³-hybridized carbons (Fsp3) is 0.